The van der Waals surface area contributed by atoms with Crippen LogP contribution in [0.2, 0.25) is 5.04 Å². The molecule has 2 aromatic carbocycles. The Bertz CT molecular complexity index is 827. The Labute approximate surface area is 178 Å². The quantitative estimate of drug-likeness (QED) is 0.742. The van der Waals surface area contributed by atoms with Crippen LogP contribution in [0.3, 0.4) is 0 Å². The van der Waals surface area contributed by atoms with E-state index in [1.165, 1.54) is 0 Å². The van der Waals surface area contributed by atoms with Crippen molar-refractivity contribution in [3.63, 3.8) is 0 Å². The van der Waals surface area contributed by atoms with Crippen molar-refractivity contribution in [2.45, 2.75) is 31.9 Å². The van der Waals surface area contributed by atoms with E-state index in [0.717, 1.165) is 15.3 Å². The first-order valence-corrected chi connectivity index (χ1v) is 12.0. The van der Waals surface area contributed by atoms with Crippen LogP contribution in [0.25, 0.3) is 0 Å². The molecule has 1 aliphatic heterocycles. The molecule has 160 valence electrons. The van der Waals surface area contributed by atoms with Crippen molar-refractivity contribution in [1.29, 1.82) is 0 Å². The third-order valence-electron chi connectivity index (χ3n) is 5.44. The van der Waals surface area contributed by atoms with E-state index in [4.69, 9.17) is 9.16 Å². The smallest absolute Gasteiger partial charge is 0.407 e. The minimum Gasteiger partial charge on any atom is -0.465 e. The zero-order valence-corrected chi connectivity index (χ0v) is 18.7. The van der Waals surface area contributed by atoms with Crippen LogP contribution in [0.5, 0.6) is 0 Å². The van der Waals surface area contributed by atoms with E-state index in [9.17, 15) is 14.7 Å². The number of hydrogen-bond donors (Lipinski definition) is 1. The number of carboxylic acid groups (broad SMARTS) is 1. The van der Waals surface area contributed by atoms with E-state index in [-0.39, 0.29) is 37.1 Å². The number of carbonyl (C=O) groups excluding carboxylic acids is 1. The van der Waals surface area contributed by atoms with Gasteiger partial charge in [0.15, 0.2) is 5.78 Å². The van der Waals surface area contributed by atoms with Gasteiger partial charge in [-0.1, -0.05) is 81.4 Å². The van der Waals surface area contributed by atoms with Gasteiger partial charge in [0.25, 0.3) is 8.32 Å². The number of rotatable bonds is 5. The molecule has 1 saturated heterocycles. The maximum atomic E-state index is 11.9. The van der Waals surface area contributed by atoms with Crippen LogP contribution >= 0.6 is 0 Å². The maximum absolute atomic E-state index is 11.9. The summed E-state index contributed by atoms with van der Waals surface area (Å²) < 4.78 is 12.5. The summed E-state index contributed by atoms with van der Waals surface area (Å²) in [5.74, 6) is -0.245. The zero-order chi connectivity index (χ0) is 21.8. The van der Waals surface area contributed by atoms with E-state index in [0.29, 0.717) is 0 Å². The summed E-state index contributed by atoms with van der Waals surface area (Å²) in [6.45, 7) is 6.62. The number of nitrogens with zero attached hydrogens (tertiary/aromatic N) is 1. The first-order valence-electron chi connectivity index (χ1n) is 10.1. The van der Waals surface area contributed by atoms with Crippen LogP contribution in [-0.4, -0.2) is 62.6 Å². The Morgan fingerprint density at radius 2 is 1.63 bits per heavy atom. The number of amides is 1. The molecule has 0 bridgehead atoms. The van der Waals surface area contributed by atoms with Gasteiger partial charge in [-0.15, -0.1) is 0 Å². The van der Waals surface area contributed by atoms with Crippen molar-refractivity contribution in [3.8, 4) is 0 Å². The third-order valence-corrected chi connectivity index (χ3v) is 10.4. The topological polar surface area (TPSA) is 76.1 Å². The van der Waals surface area contributed by atoms with E-state index in [2.05, 4.69) is 45.0 Å². The summed E-state index contributed by atoms with van der Waals surface area (Å²) in [6.07, 6.45) is -1.63. The molecule has 3 rings (SSSR count). The Hall–Kier alpha value is -2.48. The van der Waals surface area contributed by atoms with Crippen LogP contribution in [0.4, 0.5) is 4.79 Å². The molecule has 30 heavy (non-hydrogen) atoms. The number of carbonyl (C=O) groups is 2. The molecule has 6 nitrogen and oxygen atoms in total. The lowest BCUT2D eigenvalue weighted by atomic mass is 10.2. The summed E-state index contributed by atoms with van der Waals surface area (Å²) in [5, 5.41) is 11.5. The van der Waals surface area contributed by atoms with Crippen LogP contribution < -0.4 is 10.4 Å². The van der Waals surface area contributed by atoms with Gasteiger partial charge in [0.1, 0.15) is 6.61 Å². The van der Waals surface area contributed by atoms with E-state index in [1.807, 2.05) is 36.4 Å². The number of Topliss-reactive ketones (excluding diaryl/α,β-unsaturated/α-hetero) is 1. The molecule has 1 amide bonds. The predicted octanol–water partition coefficient (Wildman–Crippen LogP) is 2.51. The molecule has 1 heterocycles. The Morgan fingerprint density at radius 3 is 2.10 bits per heavy atom. The van der Waals surface area contributed by atoms with Crippen molar-refractivity contribution in [2.75, 3.05) is 26.3 Å². The minimum atomic E-state index is -2.75. The molecule has 2 aromatic rings. The fraction of sp³-hybridized carbons (Fsp3) is 0.391. The summed E-state index contributed by atoms with van der Waals surface area (Å²) in [6, 6.07) is 20.4. The molecular weight excluding hydrogens is 398 g/mol. The van der Waals surface area contributed by atoms with Crippen LogP contribution in [0.1, 0.15) is 20.8 Å². The molecule has 0 saturated carbocycles. The first-order chi connectivity index (χ1) is 14.2. The van der Waals surface area contributed by atoms with Gasteiger partial charge in [-0.05, 0) is 15.4 Å². The van der Waals surface area contributed by atoms with Crippen LogP contribution in [-0.2, 0) is 14.0 Å². The SMILES string of the molecule is CC(C)(C)[Si](OCC1CN(C(=O)O)CC(=O)CO1)(c1ccccc1)c1ccccc1. The second-order valence-electron chi connectivity index (χ2n) is 8.61. The van der Waals surface area contributed by atoms with E-state index in [1.54, 1.807) is 0 Å². The molecule has 1 unspecified atom stereocenters. The highest BCUT2D eigenvalue weighted by Gasteiger charge is 2.50. The van der Waals surface area contributed by atoms with Gasteiger partial charge in [0.05, 0.1) is 25.8 Å². The van der Waals surface area contributed by atoms with Gasteiger partial charge in [-0.3, -0.25) is 9.69 Å². The van der Waals surface area contributed by atoms with Crippen molar-refractivity contribution in [3.05, 3.63) is 60.7 Å². The van der Waals surface area contributed by atoms with Gasteiger partial charge in [-0.25, -0.2) is 4.79 Å². The fourth-order valence-corrected chi connectivity index (χ4v) is 8.65. The van der Waals surface area contributed by atoms with Gasteiger partial charge < -0.3 is 14.3 Å². The van der Waals surface area contributed by atoms with Crippen LogP contribution in [0.15, 0.2) is 60.7 Å². The summed E-state index contributed by atoms with van der Waals surface area (Å²) in [5.41, 5.74) is 0. The average Bonchev–Trinajstić information content (AvgIpc) is 2.91. The molecule has 1 N–H and O–H groups in total. The van der Waals surface area contributed by atoms with Gasteiger partial charge >= 0.3 is 6.09 Å². The molecular formula is C23H29NO5Si. The normalized spacial score (nSPS) is 18.2. The predicted molar refractivity (Wildman–Crippen MR) is 118 cm³/mol. The first kappa shape index (κ1) is 22.2. The van der Waals surface area contributed by atoms with Gasteiger partial charge in [0.2, 0.25) is 0 Å². The lowest BCUT2D eigenvalue weighted by Crippen LogP contribution is -2.67. The van der Waals surface area contributed by atoms with Gasteiger partial charge in [-0.2, -0.15) is 0 Å². The Morgan fingerprint density at radius 1 is 1.10 bits per heavy atom. The Balaban J connectivity index is 1.97. The van der Waals surface area contributed by atoms with Crippen molar-refractivity contribution in [2.24, 2.45) is 0 Å². The Kier molecular flexibility index (Phi) is 6.75. The largest absolute Gasteiger partial charge is 0.465 e. The van der Waals surface area contributed by atoms with Gasteiger partial charge in [0, 0.05) is 0 Å². The number of hydrogen-bond acceptors (Lipinski definition) is 4. The highest BCUT2D eigenvalue weighted by Crippen LogP contribution is 2.36. The fourth-order valence-electron chi connectivity index (χ4n) is 4.06. The monoisotopic (exact) mass is 427 g/mol. The molecule has 1 fully saturated rings. The molecule has 1 atom stereocenters. The molecule has 0 aliphatic carbocycles. The molecule has 1 aliphatic rings. The van der Waals surface area contributed by atoms with Crippen molar-refractivity contribution in [1.82, 2.24) is 4.90 Å². The number of ketones is 1. The highest BCUT2D eigenvalue weighted by molar-refractivity contribution is 6.99. The molecule has 0 aromatic heterocycles. The van der Waals surface area contributed by atoms with Crippen molar-refractivity contribution >= 4 is 30.6 Å². The zero-order valence-electron chi connectivity index (χ0n) is 17.7. The molecule has 0 radical (unpaired) electrons. The standard InChI is InChI=1S/C23H29NO5Si/c1-23(2,3)30(20-10-6-4-7-11-20,21-12-8-5-9-13-21)29-17-19-15-24(22(26)27)14-18(25)16-28-19/h4-13,19H,14-17H2,1-3H3,(H,26,27). The van der Waals surface area contributed by atoms with E-state index >= 15 is 0 Å². The van der Waals surface area contributed by atoms with Crippen molar-refractivity contribution < 1.29 is 23.9 Å². The summed E-state index contributed by atoms with van der Waals surface area (Å²) >= 11 is 0. The van der Waals surface area contributed by atoms with Crippen LogP contribution in [0, 0.1) is 0 Å². The second kappa shape index (κ2) is 9.12. The summed E-state index contributed by atoms with van der Waals surface area (Å²) in [4.78, 5) is 24.5. The lowest BCUT2D eigenvalue weighted by Gasteiger charge is -2.43. The maximum Gasteiger partial charge on any atom is 0.407 e. The third kappa shape index (κ3) is 4.64. The number of ether oxygens (including phenoxy) is 1. The molecule has 7 heteroatoms. The summed E-state index contributed by atoms with van der Waals surface area (Å²) in [7, 11) is -2.75. The second-order valence-corrected chi connectivity index (χ2v) is 12.9. The van der Waals surface area contributed by atoms with E-state index < -0.39 is 20.5 Å². The minimum absolute atomic E-state index is 0.0987. The lowest BCUT2D eigenvalue weighted by molar-refractivity contribution is -0.123. The average molecular weight is 428 g/mol. The number of benzene rings is 2. The molecule has 0 spiro atoms. The highest BCUT2D eigenvalue weighted by atomic mass is 28.4.